The Morgan fingerprint density at radius 2 is 1.96 bits per heavy atom. The van der Waals surface area contributed by atoms with Crippen LogP contribution in [0.1, 0.15) is 63.6 Å². The van der Waals surface area contributed by atoms with Crippen LogP contribution in [0.25, 0.3) is 0 Å². The Kier molecular flexibility index (Phi) is 7.43. The first-order valence-corrected chi connectivity index (χ1v) is 10.9. The van der Waals surface area contributed by atoms with Crippen LogP contribution in [0, 0.1) is 0 Å². The van der Waals surface area contributed by atoms with Gasteiger partial charge in [-0.1, -0.05) is 56.0 Å². The molecule has 1 aromatic heterocycles. The van der Waals surface area contributed by atoms with Crippen molar-refractivity contribution in [2.75, 3.05) is 0 Å². The summed E-state index contributed by atoms with van der Waals surface area (Å²) in [5.74, 6) is 0. The molecular formula is C23H32ClN3O. The maximum absolute atomic E-state index is 13.0. The number of hydrogen-bond acceptors (Lipinski definition) is 1. The molecule has 1 saturated carbocycles. The molecule has 1 fully saturated rings. The van der Waals surface area contributed by atoms with Gasteiger partial charge in [0.05, 0.1) is 6.54 Å². The molecule has 0 bridgehead atoms. The average Bonchev–Trinajstić information content (AvgIpc) is 3.14. The predicted octanol–water partition coefficient (Wildman–Crippen LogP) is 5.83. The SMILES string of the molecule is CC[C@H](C)N(Cc1cccn1Cc1ccccc1Cl)C(=O)NC1CCCCC1. The molecule has 1 N–H and O–H groups in total. The van der Waals surface area contributed by atoms with Gasteiger partial charge in [-0.25, -0.2) is 4.79 Å². The van der Waals surface area contributed by atoms with Crippen LogP contribution in [-0.2, 0) is 13.1 Å². The van der Waals surface area contributed by atoms with Crippen LogP contribution in [-0.4, -0.2) is 27.6 Å². The summed E-state index contributed by atoms with van der Waals surface area (Å²) in [5.41, 5.74) is 2.21. The van der Waals surface area contributed by atoms with Gasteiger partial charge in [-0.3, -0.25) is 0 Å². The van der Waals surface area contributed by atoms with E-state index in [9.17, 15) is 4.79 Å². The number of urea groups is 1. The summed E-state index contributed by atoms with van der Waals surface area (Å²) in [4.78, 5) is 15.0. The summed E-state index contributed by atoms with van der Waals surface area (Å²) in [7, 11) is 0. The van der Waals surface area contributed by atoms with E-state index in [4.69, 9.17) is 11.6 Å². The van der Waals surface area contributed by atoms with Gasteiger partial charge in [-0.05, 0) is 49.9 Å². The third-order valence-corrected chi connectivity index (χ3v) is 6.24. The Morgan fingerprint density at radius 3 is 2.68 bits per heavy atom. The fraction of sp³-hybridized carbons (Fsp3) is 0.522. The lowest BCUT2D eigenvalue weighted by Crippen LogP contribution is -2.48. The van der Waals surface area contributed by atoms with Crippen LogP contribution in [0.3, 0.4) is 0 Å². The van der Waals surface area contributed by atoms with Crippen LogP contribution in [0.5, 0.6) is 0 Å². The summed E-state index contributed by atoms with van der Waals surface area (Å²) in [6.07, 6.45) is 8.92. The number of carbonyl (C=O) groups excluding carboxylic acids is 1. The molecule has 1 atom stereocenters. The van der Waals surface area contributed by atoms with Crippen LogP contribution in [0.2, 0.25) is 5.02 Å². The van der Waals surface area contributed by atoms with Gasteiger partial charge in [-0.2, -0.15) is 0 Å². The molecular weight excluding hydrogens is 370 g/mol. The van der Waals surface area contributed by atoms with Gasteiger partial charge in [0.2, 0.25) is 0 Å². The van der Waals surface area contributed by atoms with E-state index in [1.165, 1.54) is 19.3 Å². The summed E-state index contributed by atoms with van der Waals surface area (Å²) >= 11 is 6.34. The second-order valence-corrected chi connectivity index (χ2v) is 8.30. The molecule has 0 saturated heterocycles. The molecule has 1 heterocycles. The number of nitrogens with zero attached hydrogens (tertiary/aromatic N) is 2. The number of hydrogen-bond donors (Lipinski definition) is 1. The monoisotopic (exact) mass is 401 g/mol. The van der Waals surface area contributed by atoms with Gasteiger partial charge in [-0.15, -0.1) is 0 Å². The third kappa shape index (κ3) is 5.32. The fourth-order valence-electron chi connectivity index (χ4n) is 3.88. The molecule has 0 radical (unpaired) electrons. The molecule has 1 aromatic carbocycles. The molecule has 0 aliphatic heterocycles. The Bertz CT molecular complexity index is 767. The number of carbonyl (C=O) groups is 1. The molecule has 1 aliphatic carbocycles. The Hall–Kier alpha value is -1.94. The van der Waals surface area contributed by atoms with Gasteiger partial charge >= 0.3 is 6.03 Å². The Labute approximate surface area is 173 Å². The van der Waals surface area contributed by atoms with Crippen molar-refractivity contribution < 1.29 is 4.79 Å². The highest BCUT2D eigenvalue weighted by atomic mass is 35.5. The van der Waals surface area contributed by atoms with Crippen molar-refractivity contribution in [3.63, 3.8) is 0 Å². The van der Waals surface area contributed by atoms with Gasteiger partial charge in [0.1, 0.15) is 0 Å². The fourth-order valence-corrected chi connectivity index (χ4v) is 4.08. The van der Waals surface area contributed by atoms with E-state index in [2.05, 4.69) is 36.0 Å². The minimum absolute atomic E-state index is 0.0618. The first kappa shape index (κ1) is 20.8. The highest BCUT2D eigenvalue weighted by Crippen LogP contribution is 2.21. The molecule has 0 spiro atoms. The van der Waals surface area contributed by atoms with E-state index >= 15 is 0 Å². The third-order valence-electron chi connectivity index (χ3n) is 5.87. The minimum Gasteiger partial charge on any atom is -0.345 e. The first-order valence-electron chi connectivity index (χ1n) is 10.5. The van der Waals surface area contributed by atoms with Gasteiger partial charge < -0.3 is 14.8 Å². The molecule has 1 aliphatic rings. The minimum atomic E-state index is 0.0618. The lowest BCUT2D eigenvalue weighted by atomic mass is 9.96. The zero-order chi connectivity index (χ0) is 19.9. The summed E-state index contributed by atoms with van der Waals surface area (Å²) in [6, 6.07) is 12.6. The molecule has 2 aromatic rings. The van der Waals surface area contributed by atoms with E-state index in [0.29, 0.717) is 19.1 Å². The highest BCUT2D eigenvalue weighted by Gasteiger charge is 2.24. The Balaban J connectivity index is 1.72. The molecule has 3 rings (SSSR count). The van der Waals surface area contributed by atoms with E-state index in [0.717, 1.165) is 35.5 Å². The van der Waals surface area contributed by atoms with E-state index in [-0.39, 0.29) is 12.1 Å². The summed E-state index contributed by atoms with van der Waals surface area (Å²) in [5, 5.41) is 4.06. The zero-order valence-corrected chi connectivity index (χ0v) is 17.8. The number of rotatable bonds is 7. The van der Waals surface area contributed by atoms with Crippen LogP contribution < -0.4 is 5.32 Å². The molecule has 2 amide bonds. The van der Waals surface area contributed by atoms with Crippen LogP contribution >= 0.6 is 11.6 Å². The molecule has 5 heteroatoms. The van der Waals surface area contributed by atoms with Gasteiger partial charge in [0.25, 0.3) is 0 Å². The number of aromatic nitrogens is 1. The van der Waals surface area contributed by atoms with Crippen molar-refractivity contribution in [3.8, 4) is 0 Å². The highest BCUT2D eigenvalue weighted by molar-refractivity contribution is 6.31. The number of benzene rings is 1. The van der Waals surface area contributed by atoms with E-state index in [1.54, 1.807) is 0 Å². The Morgan fingerprint density at radius 1 is 1.21 bits per heavy atom. The topological polar surface area (TPSA) is 37.3 Å². The molecule has 4 nitrogen and oxygen atoms in total. The standard InChI is InChI=1S/C23H32ClN3O/c1-3-18(2)27(23(28)25-20-11-5-4-6-12-20)17-21-13-9-15-26(21)16-19-10-7-8-14-22(19)24/h7-10,13-15,18,20H,3-6,11-12,16-17H2,1-2H3,(H,25,28)/t18-/m0/s1. The molecule has 152 valence electrons. The van der Waals surface area contributed by atoms with Crippen LogP contribution in [0.15, 0.2) is 42.6 Å². The number of amides is 2. The zero-order valence-electron chi connectivity index (χ0n) is 17.0. The lowest BCUT2D eigenvalue weighted by molar-refractivity contribution is 0.165. The average molecular weight is 402 g/mol. The van der Waals surface area contributed by atoms with Crippen molar-refractivity contribution in [3.05, 3.63) is 58.9 Å². The predicted molar refractivity (Wildman–Crippen MR) is 116 cm³/mol. The smallest absolute Gasteiger partial charge is 0.318 e. The number of nitrogens with one attached hydrogen (secondary N) is 1. The van der Waals surface area contributed by atoms with Crippen molar-refractivity contribution in [2.24, 2.45) is 0 Å². The maximum atomic E-state index is 13.0. The normalized spacial score (nSPS) is 16.0. The maximum Gasteiger partial charge on any atom is 0.318 e. The summed E-state index contributed by atoms with van der Waals surface area (Å²) in [6.45, 7) is 5.57. The number of halogens is 1. The lowest BCUT2D eigenvalue weighted by Gasteiger charge is -2.32. The van der Waals surface area contributed by atoms with Gasteiger partial charge in [0.15, 0.2) is 0 Å². The largest absolute Gasteiger partial charge is 0.345 e. The van der Waals surface area contributed by atoms with Crippen molar-refractivity contribution in [1.29, 1.82) is 0 Å². The van der Waals surface area contributed by atoms with Crippen molar-refractivity contribution in [1.82, 2.24) is 14.8 Å². The summed E-state index contributed by atoms with van der Waals surface area (Å²) < 4.78 is 2.19. The second kappa shape index (κ2) is 10.0. The van der Waals surface area contributed by atoms with Gasteiger partial charge in [0, 0.05) is 35.5 Å². The van der Waals surface area contributed by atoms with E-state index < -0.39 is 0 Å². The molecule has 0 unspecified atom stereocenters. The van der Waals surface area contributed by atoms with Crippen LogP contribution in [0.4, 0.5) is 4.79 Å². The van der Waals surface area contributed by atoms with Crippen molar-refractivity contribution >= 4 is 17.6 Å². The molecule has 28 heavy (non-hydrogen) atoms. The quantitative estimate of drug-likeness (QED) is 0.622. The first-order chi connectivity index (χ1) is 13.6. The van der Waals surface area contributed by atoms with E-state index in [1.807, 2.05) is 35.2 Å². The van der Waals surface area contributed by atoms with Crippen molar-refractivity contribution in [2.45, 2.75) is 77.5 Å². The second-order valence-electron chi connectivity index (χ2n) is 7.89.